The van der Waals surface area contributed by atoms with Crippen molar-refractivity contribution < 1.29 is 4.92 Å². The van der Waals surface area contributed by atoms with E-state index in [4.69, 9.17) is 0 Å². The fourth-order valence-electron chi connectivity index (χ4n) is 3.46. The summed E-state index contributed by atoms with van der Waals surface area (Å²) in [6.07, 6.45) is 6.39. The molecule has 0 unspecified atom stereocenters. The van der Waals surface area contributed by atoms with Crippen LogP contribution in [0.15, 0.2) is 24.3 Å². The molecule has 1 aliphatic rings. The van der Waals surface area contributed by atoms with E-state index in [1.807, 2.05) is 6.07 Å². The van der Waals surface area contributed by atoms with Crippen LogP contribution in [0.4, 0.5) is 11.4 Å². The lowest BCUT2D eigenvalue weighted by Crippen LogP contribution is -2.28. The monoisotopic (exact) mass is 276 g/mol. The summed E-state index contributed by atoms with van der Waals surface area (Å²) in [6.45, 7) is 5.47. The van der Waals surface area contributed by atoms with Crippen LogP contribution in [-0.4, -0.2) is 11.5 Å². The first-order valence-electron chi connectivity index (χ1n) is 7.49. The summed E-state index contributed by atoms with van der Waals surface area (Å²) >= 11 is 0. The smallest absolute Gasteiger partial charge is 0.271 e. The van der Waals surface area contributed by atoms with Crippen LogP contribution < -0.4 is 5.32 Å². The lowest BCUT2D eigenvalue weighted by atomic mass is 9.78. The molecule has 0 amide bonds. The predicted molar refractivity (Wildman–Crippen MR) is 81.9 cm³/mol. The summed E-state index contributed by atoms with van der Waals surface area (Å²) in [5.74, 6) is 0.694. The van der Waals surface area contributed by atoms with Crippen molar-refractivity contribution in [3.63, 3.8) is 0 Å². The normalized spacial score (nSPS) is 17.4. The first-order chi connectivity index (χ1) is 9.51. The molecule has 0 aromatic heterocycles. The second-order valence-electron chi connectivity index (χ2n) is 6.47. The predicted octanol–water partition coefficient (Wildman–Crippen LogP) is 4.61. The Labute approximate surface area is 120 Å². The topological polar surface area (TPSA) is 55.2 Å². The maximum atomic E-state index is 10.8. The number of hydrogen-bond donors (Lipinski definition) is 1. The molecule has 4 heteroatoms. The number of hydrogen-bond acceptors (Lipinski definition) is 3. The van der Waals surface area contributed by atoms with E-state index in [2.05, 4.69) is 19.2 Å². The van der Waals surface area contributed by atoms with E-state index in [1.54, 1.807) is 12.1 Å². The number of anilines is 1. The van der Waals surface area contributed by atoms with E-state index in [0.29, 0.717) is 11.3 Å². The molecule has 20 heavy (non-hydrogen) atoms. The maximum absolute atomic E-state index is 10.8. The molecule has 1 aromatic rings. The van der Waals surface area contributed by atoms with Gasteiger partial charge in [0.25, 0.3) is 5.69 Å². The van der Waals surface area contributed by atoms with Gasteiger partial charge in [0.1, 0.15) is 0 Å². The van der Waals surface area contributed by atoms with Crippen LogP contribution in [0.3, 0.4) is 0 Å². The molecular weight excluding hydrogens is 252 g/mol. The molecule has 1 N–H and O–H groups in total. The van der Waals surface area contributed by atoms with Crippen molar-refractivity contribution in [2.75, 3.05) is 11.9 Å². The molecule has 110 valence electrons. The molecule has 1 aromatic carbocycles. The van der Waals surface area contributed by atoms with E-state index in [9.17, 15) is 10.1 Å². The number of benzene rings is 1. The van der Waals surface area contributed by atoms with Crippen LogP contribution in [-0.2, 0) is 0 Å². The van der Waals surface area contributed by atoms with Gasteiger partial charge in [-0.05, 0) is 36.7 Å². The highest BCUT2D eigenvalue weighted by Crippen LogP contribution is 2.43. The molecule has 0 saturated heterocycles. The van der Waals surface area contributed by atoms with Crippen LogP contribution in [0.25, 0.3) is 0 Å². The molecule has 0 radical (unpaired) electrons. The van der Waals surface area contributed by atoms with E-state index < -0.39 is 0 Å². The molecular formula is C16H24N2O2. The molecule has 4 nitrogen and oxygen atoms in total. The third-order valence-electron chi connectivity index (χ3n) is 4.23. The van der Waals surface area contributed by atoms with E-state index in [-0.39, 0.29) is 10.6 Å². The van der Waals surface area contributed by atoms with Gasteiger partial charge >= 0.3 is 0 Å². The summed E-state index contributed by atoms with van der Waals surface area (Å²) in [6, 6.07) is 6.80. The van der Waals surface area contributed by atoms with Gasteiger partial charge in [0, 0.05) is 24.4 Å². The summed E-state index contributed by atoms with van der Waals surface area (Å²) in [7, 11) is 0. The molecule has 1 aliphatic carbocycles. The quantitative estimate of drug-likeness (QED) is 0.609. The Morgan fingerprint density at radius 3 is 2.65 bits per heavy atom. The van der Waals surface area contributed by atoms with Crippen LogP contribution in [0.2, 0.25) is 0 Å². The molecule has 1 fully saturated rings. The highest BCUT2D eigenvalue weighted by atomic mass is 16.6. The summed E-state index contributed by atoms with van der Waals surface area (Å²) in [4.78, 5) is 10.5. The largest absolute Gasteiger partial charge is 0.384 e. The van der Waals surface area contributed by atoms with Crippen molar-refractivity contribution in [3.8, 4) is 0 Å². The number of nitro groups is 1. The van der Waals surface area contributed by atoms with Gasteiger partial charge in [-0.25, -0.2) is 0 Å². The zero-order chi connectivity index (χ0) is 14.6. The SMILES string of the molecule is CC(C)CC1(CNc2cccc([N+](=O)[O-])c2)CCCC1. The van der Waals surface area contributed by atoms with Gasteiger partial charge in [0.15, 0.2) is 0 Å². The van der Waals surface area contributed by atoms with E-state index >= 15 is 0 Å². The minimum absolute atomic E-state index is 0.152. The van der Waals surface area contributed by atoms with E-state index in [1.165, 1.54) is 38.2 Å². The van der Waals surface area contributed by atoms with Crippen molar-refractivity contribution in [2.45, 2.75) is 46.0 Å². The highest BCUT2D eigenvalue weighted by Gasteiger charge is 2.34. The second kappa shape index (κ2) is 6.25. The minimum atomic E-state index is -0.343. The number of nitrogens with zero attached hydrogens (tertiary/aromatic N) is 1. The minimum Gasteiger partial charge on any atom is -0.384 e. The third-order valence-corrected chi connectivity index (χ3v) is 4.23. The van der Waals surface area contributed by atoms with Crippen molar-refractivity contribution in [3.05, 3.63) is 34.4 Å². The Kier molecular flexibility index (Phi) is 4.63. The first kappa shape index (κ1) is 14.8. The fourth-order valence-corrected chi connectivity index (χ4v) is 3.46. The molecule has 2 rings (SSSR count). The molecule has 0 heterocycles. The van der Waals surface area contributed by atoms with Crippen molar-refractivity contribution in [2.24, 2.45) is 11.3 Å². The van der Waals surface area contributed by atoms with E-state index in [0.717, 1.165) is 12.2 Å². The van der Waals surface area contributed by atoms with Gasteiger partial charge in [-0.15, -0.1) is 0 Å². The maximum Gasteiger partial charge on any atom is 0.271 e. The van der Waals surface area contributed by atoms with Gasteiger partial charge in [-0.1, -0.05) is 32.8 Å². The van der Waals surface area contributed by atoms with Gasteiger partial charge in [-0.3, -0.25) is 10.1 Å². The molecule has 1 saturated carbocycles. The van der Waals surface area contributed by atoms with Gasteiger partial charge in [0.2, 0.25) is 0 Å². The number of nitro benzene ring substituents is 1. The van der Waals surface area contributed by atoms with Gasteiger partial charge in [0.05, 0.1) is 4.92 Å². The Balaban J connectivity index is 2.02. The van der Waals surface area contributed by atoms with Crippen molar-refractivity contribution in [1.82, 2.24) is 0 Å². The molecule has 0 spiro atoms. The Morgan fingerprint density at radius 1 is 1.35 bits per heavy atom. The average molecular weight is 276 g/mol. The van der Waals surface area contributed by atoms with Crippen LogP contribution in [0.5, 0.6) is 0 Å². The zero-order valence-electron chi connectivity index (χ0n) is 12.4. The fraction of sp³-hybridized carbons (Fsp3) is 0.625. The summed E-state index contributed by atoms with van der Waals surface area (Å²) in [5, 5.41) is 14.2. The molecule has 0 aliphatic heterocycles. The zero-order valence-corrected chi connectivity index (χ0v) is 12.4. The highest BCUT2D eigenvalue weighted by molar-refractivity contribution is 5.51. The lowest BCUT2D eigenvalue weighted by molar-refractivity contribution is -0.384. The Hall–Kier alpha value is -1.58. The molecule has 0 atom stereocenters. The number of rotatable bonds is 6. The third kappa shape index (κ3) is 3.71. The average Bonchev–Trinajstić information content (AvgIpc) is 2.85. The Bertz CT molecular complexity index is 465. The van der Waals surface area contributed by atoms with Crippen molar-refractivity contribution >= 4 is 11.4 Å². The van der Waals surface area contributed by atoms with Gasteiger partial charge in [-0.2, -0.15) is 0 Å². The lowest BCUT2D eigenvalue weighted by Gasteiger charge is -2.31. The Morgan fingerprint density at radius 2 is 2.05 bits per heavy atom. The first-order valence-corrected chi connectivity index (χ1v) is 7.49. The van der Waals surface area contributed by atoms with Gasteiger partial charge < -0.3 is 5.32 Å². The summed E-state index contributed by atoms with van der Waals surface area (Å²) in [5.41, 5.74) is 1.38. The standard InChI is InChI=1S/C16H24N2O2/c1-13(2)11-16(8-3-4-9-16)12-17-14-6-5-7-15(10-14)18(19)20/h5-7,10,13,17H,3-4,8-9,11-12H2,1-2H3. The van der Waals surface area contributed by atoms with Crippen LogP contribution in [0.1, 0.15) is 46.0 Å². The van der Waals surface area contributed by atoms with Crippen molar-refractivity contribution in [1.29, 1.82) is 0 Å². The van der Waals surface area contributed by atoms with Crippen LogP contribution >= 0.6 is 0 Å². The number of nitrogens with one attached hydrogen (secondary N) is 1. The number of non-ortho nitro benzene ring substituents is 1. The molecule has 0 bridgehead atoms. The second-order valence-corrected chi connectivity index (χ2v) is 6.47. The van der Waals surface area contributed by atoms with Crippen LogP contribution in [0, 0.1) is 21.4 Å². The summed E-state index contributed by atoms with van der Waals surface area (Å²) < 4.78 is 0.